The van der Waals surface area contributed by atoms with E-state index in [0.29, 0.717) is 4.68 Å². The van der Waals surface area contributed by atoms with E-state index < -0.39 is 17.7 Å². The molecule has 2 aromatic rings. The Labute approximate surface area is 88.1 Å². The quantitative estimate of drug-likeness (QED) is 0.687. The zero-order valence-electron chi connectivity index (χ0n) is 7.79. The standard InChI is InChI=1S/C10H5F4N2/c11-7-2-1-3-8(6-7)16-9(4-5-15-16)10(12,13)14/h1-3,5-6H. The third-order valence-electron chi connectivity index (χ3n) is 1.91. The van der Waals surface area contributed by atoms with Gasteiger partial charge in [0.2, 0.25) is 0 Å². The van der Waals surface area contributed by atoms with Crippen molar-refractivity contribution >= 4 is 0 Å². The molecular weight excluding hydrogens is 224 g/mol. The van der Waals surface area contributed by atoms with Crippen molar-refractivity contribution in [3.05, 3.63) is 48.0 Å². The minimum atomic E-state index is -4.57. The van der Waals surface area contributed by atoms with E-state index in [-0.39, 0.29) is 5.69 Å². The van der Waals surface area contributed by atoms with Crippen molar-refractivity contribution in [1.29, 1.82) is 0 Å². The number of hydrogen-bond acceptors (Lipinski definition) is 1. The van der Waals surface area contributed by atoms with E-state index in [0.717, 1.165) is 18.3 Å². The molecule has 1 aromatic carbocycles. The molecule has 1 aromatic heterocycles. The van der Waals surface area contributed by atoms with Crippen molar-refractivity contribution in [1.82, 2.24) is 9.78 Å². The summed E-state index contributed by atoms with van der Waals surface area (Å²) in [6.45, 7) is 0. The molecule has 0 aliphatic heterocycles. The van der Waals surface area contributed by atoms with Crippen molar-refractivity contribution in [2.24, 2.45) is 0 Å². The van der Waals surface area contributed by atoms with Crippen molar-refractivity contribution in [3.63, 3.8) is 0 Å². The Hall–Kier alpha value is -1.85. The molecule has 0 fully saturated rings. The Morgan fingerprint density at radius 1 is 1.25 bits per heavy atom. The summed E-state index contributed by atoms with van der Waals surface area (Å²) >= 11 is 0. The van der Waals surface area contributed by atoms with Gasteiger partial charge in [0.25, 0.3) is 0 Å². The highest BCUT2D eigenvalue weighted by Gasteiger charge is 2.35. The summed E-state index contributed by atoms with van der Waals surface area (Å²) in [6.07, 6.45) is -3.67. The third kappa shape index (κ3) is 1.91. The first-order chi connectivity index (χ1) is 7.48. The molecule has 0 bridgehead atoms. The van der Waals surface area contributed by atoms with Crippen LogP contribution >= 0.6 is 0 Å². The topological polar surface area (TPSA) is 17.8 Å². The molecule has 83 valence electrons. The summed E-state index contributed by atoms with van der Waals surface area (Å²) in [5, 5.41) is 3.47. The Bertz CT molecular complexity index is 502. The van der Waals surface area contributed by atoms with Crippen LogP contribution in [0.1, 0.15) is 5.69 Å². The van der Waals surface area contributed by atoms with Gasteiger partial charge in [0, 0.05) is 6.07 Å². The lowest BCUT2D eigenvalue weighted by Crippen LogP contribution is -2.13. The van der Waals surface area contributed by atoms with Gasteiger partial charge < -0.3 is 0 Å². The molecule has 1 radical (unpaired) electrons. The van der Waals surface area contributed by atoms with Crippen LogP contribution in [0, 0.1) is 11.9 Å². The predicted molar refractivity (Wildman–Crippen MR) is 47.4 cm³/mol. The fraction of sp³-hybridized carbons (Fsp3) is 0.100. The fourth-order valence-electron chi connectivity index (χ4n) is 1.27. The summed E-state index contributed by atoms with van der Waals surface area (Å²) in [6, 6.07) is 6.72. The van der Waals surface area contributed by atoms with Crippen LogP contribution in [-0.4, -0.2) is 9.78 Å². The van der Waals surface area contributed by atoms with Crippen LogP contribution in [0.3, 0.4) is 0 Å². The van der Waals surface area contributed by atoms with Crippen LogP contribution in [0.15, 0.2) is 30.5 Å². The van der Waals surface area contributed by atoms with Gasteiger partial charge in [-0.25, -0.2) is 9.07 Å². The highest BCUT2D eigenvalue weighted by Crippen LogP contribution is 2.30. The average molecular weight is 229 g/mol. The highest BCUT2D eigenvalue weighted by atomic mass is 19.4. The molecule has 2 rings (SSSR count). The van der Waals surface area contributed by atoms with Crippen LogP contribution in [0.4, 0.5) is 17.6 Å². The lowest BCUT2D eigenvalue weighted by molar-refractivity contribution is -0.143. The molecule has 0 unspecified atom stereocenters. The maximum atomic E-state index is 12.9. The minimum absolute atomic E-state index is 0.00794. The molecule has 16 heavy (non-hydrogen) atoms. The molecule has 0 amide bonds. The number of rotatable bonds is 1. The molecule has 0 aliphatic rings. The van der Waals surface area contributed by atoms with E-state index in [4.69, 9.17) is 0 Å². The van der Waals surface area contributed by atoms with Crippen molar-refractivity contribution in [2.45, 2.75) is 6.18 Å². The van der Waals surface area contributed by atoms with Gasteiger partial charge >= 0.3 is 6.18 Å². The largest absolute Gasteiger partial charge is 0.434 e. The Morgan fingerprint density at radius 2 is 2.00 bits per heavy atom. The number of alkyl halides is 3. The van der Waals surface area contributed by atoms with Gasteiger partial charge in [-0.15, -0.1) is 0 Å². The van der Waals surface area contributed by atoms with Gasteiger partial charge in [-0.2, -0.15) is 18.3 Å². The number of aromatic nitrogens is 2. The smallest absolute Gasteiger partial charge is 0.228 e. The second-order valence-corrected chi connectivity index (χ2v) is 3.03. The average Bonchev–Trinajstić information content (AvgIpc) is 2.65. The van der Waals surface area contributed by atoms with Crippen LogP contribution in [-0.2, 0) is 6.18 Å². The van der Waals surface area contributed by atoms with Crippen molar-refractivity contribution in [3.8, 4) is 5.69 Å². The molecule has 2 nitrogen and oxygen atoms in total. The zero-order valence-corrected chi connectivity index (χ0v) is 7.79. The highest BCUT2D eigenvalue weighted by molar-refractivity contribution is 5.33. The second-order valence-electron chi connectivity index (χ2n) is 3.03. The molecule has 0 saturated carbocycles. The van der Waals surface area contributed by atoms with Gasteiger partial charge in [-0.05, 0) is 18.2 Å². The van der Waals surface area contributed by atoms with E-state index in [1.165, 1.54) is 12.1 Å². The normalized spacial score (nSPS) is 11.8. The van der Waals surface area contributed by atoms with Gasteiger partial charge in [-0.3, -0.25) is 0 Å². The lowest BCUT2D eigenvalue weighted by atomic mass is 10.3. The third-order valence-corrected chi connectivity index (χ3v) is 1.91. The van der Waals surface area contributed by atoms with Crippen LogP contribution < -0.4 is 0 Å². The number of nitrogens with zero attached hydrogens (tertiary/aromatic N) is 2. The van der Waals surface area contributed by atoms with E-state index in [1.54, 1.807) is 0 Å². The summed E-state index contributed by atoms with van der Waals surface area (Å²) < 4.78 is 50.9. The number of benzene rings is 1. The summed E-state index contributed by atoms with van der Waals surface area (Å²) in [4.78, 5) is 0. The summed E-state index contributed by atoms with van der Waals surface area (Å²) in [5.74, 6) is -0.624. The van der Waals surface area contributed by atoms with E-state index in [2.05, 4.69) is 5.10 Å². The van der Waals surface area contributed by atoms with E-state index in [9.17, 15) is 17.6 Å². The monoisotopic (exact) mass is 229 g/mol. The van der Waals surface area contributed by atoms with Crippen LogP contribution in [0.5, 0.6) is 0 Å². The lowest BCUT2D eigenvalue weighted by Gasteiger charge is -2.09. The summed E-state index contributed by atoms with van der Waals surface area (Å²) in [7, 11) is 0. The molecular formula is C10H5F4N2. The Balaban J connectivity index is 2.53. The van der Waals surface area contributed by atoms with Crippen LogP contribution in [0.2, 0.25) is 0 Å². The van der Waals surface area contributed by atoms with Gasteiger partial charge in [0.05, 0.1) is 11.9 Å². The molecule has 0 saturated heterocycles. The van der Waals surface area contributed by atoms with E-state index >= 15 is 0 Å². The number of halogens is 4. The fourth-order valence-corrected chi connectivity index (χ4v) is 1.27. The Kier molecular flexibility index (Phi) is 2.41. The first-order valence-corrected chi connectivity index (χ1v) is 4.27. The minimum Gasteiger partial charge on any atom is -0.228 e. The van der Waals surface area contributed by atoms with Crippen molar-refractivity contribution < 1.29 is 17.6 Å². The molecule has 0 atom stereocenters. The predicted octanol–water partition coefficient (Wildman–Crippen LogP) is 2.83. The SMILES string of the molecule is Fc1cccc(-n2nc[c]c2C(F)(F)F)c1. The zero-order chi connectivity index (χ0) is 11.8. The molecule has 0 N–H and O–H groups in total. The van der Waals surface area contributed by atoms with Gasteiger partial charge in [0.1, 0.15) is 5.82 Å². The molecule has 6 heteroatoms. The second kappa shape index (κ2) is 3.62. The van der Waals surface area contributed by atoms with Crippen molar-refractivity contribution in [2.75, 3.05) is 0 Å². The van der Waals surface area contributed by atoms with Gasteiger partial charge in [-0.1, -0.05) is 6.07 Å². The maximum absolute atomic E-state index is 12.9. The van der Waals surface area contributed by atoms with Gasteiger partial charge in [0.15, 0.2) is 5.69 Å². The first-order valence-electron chi connectivity index (χ1n) is 4.27. The van der Waals surface area contributed by atoms with Crippen LogP contribution in [0.25, 0.3) is 5.69 Å². The van der Waals surface area contributed by atoms with E-state index in [1.807, 2.05) is 6.07 Å². The molecule has 1 heterocycles. The first kappa shape index (κ1) is 10.7. The maximum Gasteiger partial charge on any atom is 0.434 e. The summed E-state index contributed by atoms with van der Waals surface area (Å²) in [5.41, 5.74) is -1.05. The number of hydrogen-bond donors (Lipinski definition) is 0. The Morgan fingerprint density at radius 3 is 2.62 bits per heavy atom. The molecule has 0 aliphatic carbocycles. The molecule has 0 spiro atoms.